The van der Waals surface area contributed by atoms with Gasteiger partial charge in [0.15, 0.2) is 0 Å². The van der Waals surface area contributed by atoms with Gasteiger partial charge in [-0.3, -0.25) is 9.59 Å². The minimum Gasteiger partial charge on any atom is -0.378 e. The topological polar surface area (TPSA) is 43.9 Å². The third-order valence-corrected chi connectivity index (χ3v) is 5.88. The van der Waals surface area contributed by atoms with Gasteiger partial charge in [-0.15, -0.1) is 0 Å². The van der Waals surface area contributed by atoms with Crippen molar-refractivity contribution in [1.29, 1.82) is 0 Å². The number of carbonyl (C=O) groups is 2. The third-order valence-electron chi connectivity index (χ3n) is 5.88. The maximum absolute atomic E-state index is 13.6. The number of aryl methyl sites for hydroxylation is 2. The molecular weight excluding hydrogens is 362 g/mol. The molecule has 5 heteroatoms. The standard InChI is InChI=1S/C24H27N3O2/c1-16-10-11-18(14-17(16)2)21-22(26-12-5-6-13-26)24(29)27(23(21)28)20-9-7-8-19(15-20)25(3)4/h7-11,14-15H,5-6,12-13H2,1-4H3. The smallest absolute Gasteiger partial charge is 0.282 e. The van der Waals surface area contributed by atoms with Crippen molar-refractivity contribution in [2.75, 3.05) is 37.0 Å². The van der Waals surface area contributed by atoms with Crippen LogP contribution in [0, 0.1) is 13.8 Å². The highest BCUT2D eigenvalue weighted by atomic mass is 16.2. The van der Waals surface area contributed by atoms with E-state index in [0.29, 0.717) is 17.0 Å². The second-order valence-corrected chi connectivity index (χ2v) is 8.08. The SMILES string of the molecule is Cc1ccc(C2=C(N3CCCC3)C(=O)N(c3cccc(N(C)C)c3)C2=O)cc1C. The molecule has 0 unspecified atom stereocenters. The molecule has 0 radical (unpaired) electrons. The number of hydrogen-bond acceptors (Lipinski definition) is 4. The summed E-state index contributed by atoms with van der Waals surface area (Å²) < 4.78 is 0. The Labute approximate surface area is 172 Å². The number of benzene rings is 2. The van der Waals surface area contributed by atoms with Gasteiger partial charge in [-0.1, -0.05) is 24.3 Å². The molecule has 0 saturated carbocycles. The predicted molar refractivity (Wildman–Crippen MR) is 117 cm³/mol. The second-order valence-electron chi connectivity index (χ2n) is 8.08. The van der Waals surface area contributed by atoms with Gasteiger partial charge in [0.1, 0.15) is 5.70 Å². The average molecular weight is 389 g/mol. The van der Waals surface area contributed by atoms with Gasteiger partial charge in [-0.25, -0.2) is 4.90 Å². The van der Waals surface area contributed by atoms with Crippen LogP contribution in [0.15, 0.2) is 48.2 Å². The molecule has 5 nitrogen and oxygen atoms in total. The Morgan fingerprint density at radius 2 is 1.59 bits per heavy atom. The normalized spacial score (nSPS) is 17.0. The molecule has 150 valence electrons. The van der Waals surface area contributed by atoms with Crippen molar-refractivity contribution < 1.29 is 9.59 Å². The lowest BCUT2D eigenvalue weighted by molar-refractivity contribution is -0.120. The van der Waals surface area contributed by atoms with Crippen LogP contribution in [0.5, 0.6) is 0 Å². The van der Waals surface area contributed by atoms with Crippen molar-refractivity contribution in [2.45, 2.75) is 26.7 Å². The second kappa shape index (κ2) is 7.39. The molecule has 4 rings (SSSR count). The highest BCUT2D eigenvalue weighted by Crippen LogP contribution is 2.37. The first-order chi connectivity index (χ1) is 13.9. The first-order valence-electron chi connectivity index (χ1n) is 10.1. The molecule has 2 aliphatic heterocycles. The quantitative estimate of drug-likeness (QED) is 0.747. The van der Waals surface area contributed by atoms with Gasteiger partial charge in [0.05, 0.1) is 11.3 Å². The number of hydrogen-bond donors (Lipinski definition) is 0. The van der Waals surface area contributed by atoms with E-state index in [0.717, 1.165) is 42.7 Å². The van der Waals surface area contributed by atoms with Gasteiger partial charge in [-0.2, -0.15) is 0 Å². The Morgan fingerprint density at radius 1 is 0.862 bits per heavy atom. The van der Waals surface area contributed by atoms with Crippen LogP contribution in [0.2, 0.25) is 0 Å². The van der Waals surface area contributed by atoms with E-state index in [1.165, 1.54) is 10.5 Å². The molecule has 2 amide bonds. The van der Waals surface area contributed by atoms with Crippen LogP contribution < -0.4 is 9.80 Å². The Morgan fingerprint density at radius 3 is 2.24 bits per heavy atom. The monoisotopic (exact) mass is 389 g/mol. The summed E-state index contributed by atoms with van der Waals surface area (Å²) in [6.07, 6.45) is 2.09. The Kier molecular flexibility index (Phi) is 4.91. The minimum atomic E-state index is -0.240. The zero-order chi connectivity index (χ0) is 20.7. The van der Waals surface area contributed by atoms with Crippen molar-refractivity contribution in [3.8, 4) is 0 Å². The highest BCUT2D eigenvalue weighted by molar-refractivity contribution is 6.45. The van der Waals surface area contributed by atoms with E-state index in [1.807, 2.05) is 68.4 Å². The summed E-state index contributed by atoms with van der Waals surface area (Å²) >= 11 is 0. The first-order valence-corrected chi connectivity index (χ1v) is 10.1. The maximum Gasteiger partial charge on any atom is 0.282 e. The number of imide groups is 1. The molecule has 2 aromatic rings. The van der Waals surface area contributed by atoms with Crippen molar-refractivity contribution in [3.05, 3.63) is 64.9 Å². The predicted octanol–water partition coefficient (Wildman–Crippen LogP) is 3.75. The lowest BCUT2D eigenvalue weighted by Gasteiger charge is -2.21. The van der Waals surface area contributed by atoms with E-state index in [1.54, 1.807) is 0 Å². The van der Waals surface area contributed by atoms with E-state index in [-0.39, 0.29) is 11.8 Å². The zero-order valence-corrected chi connectivity index (χ0v) is 17.5. The maximum atomic E-state index is 13.6. The van der Waals surface area contributed by atoms with Crippen molar-refractivity contribution in [3.63, 3.8) is 0 Å². The van der Waals surface area contributed by atoms with Crippen LogP contribution in [0.4, 0.5) is 11.4 Å². The van der Waals surface area contributed by atoms with Crippen LogP contribution in [0.1, 0.15) is 29.5 Å². The number of carbonyl (C=O) groups excluding carboxylic acids is 2. The molecule has 0 aromatic heterocycles. The molecule has 1 fully saturated rings. The molecule has 0 bridgehead atoms. The fourth-order valence-electron chi connectivity index (χ4n) is 4.05. The van der Waals surface area contributed by atoms with Crippen LogP contribution in [0.3, 0.4) is 0 Å². The molecule has 2 aliphatic rings. The van der Waals surface area contributed by atoms with Gasteiger partial charge in [0, 0.05) is 32.9 Å². The fourth-order valence-corrected chi connectivity index (χ4v) is 4.05. The largest absolute Gasteiger partial charge is 0.378 e. The van der Waals surface area contributed by atoms with Gasteiger partial charge >= 0.3 is 0 Å². The summed E-state index contributed by atoms with van der Waals surface area (Å²) in [4.78, 5) is 32.5. The van der Waals surface area contributed by atoms with Gasteiger partial charge in [-0.05, 0) is 61.6 Å². The summed E-state index contributed by atoms with van der Waals surface area (Å²) in [5.41, 5.74) is 5.74. The Bertz CT molecular complexity index is 1020. The summed E-state index contributed by atoms with van der Waals surface area (Å²) in [5.74, 6) is -0.461. The van der Waals surface area contributed by atoms with Crippen LogP contribution >= 0.6 is 0 Å². The lowest BCUT2D eigenvalue weighted by Crippen LogP contribution is -2.34. The summed E-state index contributed by atoms with van der Waals surface area (Å²) in [6.45, 7) is 5.71. The molecule has 0 atom stereocenters. The highest BCUT2D eigenvalue weighted by Gasteiger charge is 2.43. The summed E-state index contributed by atoms with van der Waals surface area (Å²) in [5, 5.41) is 0. The minimum absolute atomic E-state index is 0.221. The summed E-state index contributed by atoms with van der Waals surface area (Å²) in [7, 11) is 3.89. The van der Waals surface area contributed by atoms with Gasteiger partial charge in [0.25, 0.3) is 11.8 Å². The van der Waals surface area contributed by atoms with Crippen LogP contribution in [0.25, 0.3) is 5.57 Å². The van der Waals surface area contributed by atoms with Gasteiger partial charge < -0.3 is 9.80 Å². The Hall–Kier alpha value is -3.08. The van der Waals surface area contributed by atoms with E-state index in [9.17, 15) is 9.59 Å². The lowest BCUT2D eigenvalue weighted by atomic mass is 9.99. The van der Waals surface area contributed by atoms with Crippen molar-refractivity contribution in [1.82, 2.24) is 4.90 Å². The van der Waals surface area contributed by atoms with Gasteiger partial charge in [0.2, 0.25) is 0 Å². The molecule has 0 aliphatic carbocycles. The Balaban J connectivity index is 1.83. The first kappa shape index (κ1) is 19.2. The molecule has 0 N–H and O–H groups in total. The molecular formula is C24H27N3O2. The molecule has 1 saturated heterocycles. The average Bonchev–Trinajstić information content (AvgIpc) is 3.30. The van der Waals surface area contributed by atoms with E-state index < -0.39 is 0 Å². The number of anilines is 2. The van der Waals surface area contributed by atoms with Crippen LogP contribution in [-0.4, -0.2) is 43.9 Å². The van der Waals surface area contributed by atoms with Crippen molar-refractivity contribution >= 4 is 28.8 Å². The molecule has 2 heterocycles. The molecule has 0 spiro atoms. The fraction of sp³-hybridized carbons (Fsp3) is 0.333. The number of rotatable bonds is 4. The number of amides is 2. The summed E-state index contributed by atoms with van der Waals surface area (Å²) in [6, 6.07) is 13.6. The third kappa shape index (κ3) is 3.31. The molecule has 29 heavy (non-hydrogen) atoms. The van der Waals surface area contributed by atoms with E-state index in [4.69, 9.17) is 0 Å². The van der Waals surface area contributed by atoms with E-state index in [2.05, 4.69) is 11.8 Å². The zero-order valence-electron chi connectivity index (χ0n) is 17.5. The number of likely N-dealkylation sites (tertiary alicyclic amines) is 1. The number of nitrogens with zero attached hydrogens (tertiary/aromatic N) is 3. The van der Waals surface area contributed by atoms with E-state index >= 15 is 0 Å². The molecule has 2 aromatic carbocycles. The van der Waals surface area contributed by atoms with Crippen LogP contribution in [-0.2, 0) is 9.59 Å². The van der Waals surface area contributed by atoms with Crippen molar-refractivity contribution in [2.24, 2.45) is 0 Å².